The van der Waals surface area contributed by atoms with Crippen molar-refractivity contribution in [2.75, 3.05) is 7.05 Å². The molecule has 0 atom stereocenters. The van der Waals surface area contributed by atoms with E-state index < -0.39 is 0 Å². The molecule has 0 aliphatic heterocycles. The number of hydrogen-bond acceptors (Lipinski definition) is 3. The van der Waals surface area contributed by atoms with Gasteiger partial charge in [-0.1, -0.05) is 0 Å². The van der Waals surface area contributed by atoms with E-state index in [0.29, 0.717) is 5.62 Å². The molecule has 64 valence electrons. The Morgan fingerprint density at radius 3 is 2.67 bits per heavy atom. The third kappa shape index (κ3) is 1.42. The van der Waals surface area contributed by atoms with E-state index >= 15 is 0 Å². The zero-order valence-electron chi connectivity index (χ0n) is 7.57. The van der Waals surface area contributed by atoms with E-state index in [9.17, 15) is 0 Å². The molecule has 4 nitrogen and oxygen atoms in total. The second kappa shape index (κ2) is 3.30. The molecule has 0 saturated carbocycles. The van der Waals surface area contributed by atoms with E-state index in [0.717, 1.165) is 11.3 Å². The van der Waals surface area contributed by atoms with Gasteiger partial charge in [-0.25, -0.2) is 9.66 Å². The van der Waals surface area contributed by atoms with Gasteiger partial charge in [-0.15, -0.1) is 0 Å². The van der Waals surface area contributed by atoms with Gasteiger partial charge in [-0.3, -0.25) is 4.99 Å². The number of aryl methyl sites for hydroxylation is 2. The van der Waals surface area contributed by atoms with Gasteiger partial charge in [0, 0.05) is 25.7 Å². The first kappa shape index (κ1) is 8.64. The molecule has 0 unspecified atom stereocenters. The maximum atomic E-state index is 4.22. The summed E-state index contributed by atoms with van der Waals surface area (Å²) in [6, 6.07) is 0. The van der Waals surface area contributed by atoms with Crippen LogP contribution in [-0.2, 0) is 0 Å². The molecular formula is C8H12N4. The largest absolute Gasteiger partial charge is 0.253 e. The minimum absolute atomic E-state index is 0.577. The summed E-state index contributed by atoms with van der Waals surface area (Å²) in [6.45, 7) is 7.34. The molecule has 0 amide bonds. The quantitative estimate of drug-likeness (QED) is 0.557. The van der Waals surface area contributed by atoms with Crippen LogP contribution in [-0.4, -0.2) is 23.4 Å². The maximum Gasteiger partial charge on any atom is 0.245 e. The van der Waals surface area contributed by atoms with Crippen LogP contribution in [0.1, 0.15) is 11.3 Å². The highest BCUT2D eigenvalue weighted by Crippen LogP contribution is 1.97. The Labute approximate surface area is 71.3 Å². The van der Waals surface area contributed by atoms with Crippen molar-refractivity contribution in [2.24, 2.45) is 10.1 Å². The Morgan fingerprint density at radius 1 is 1.50 bits per heavy atom. The lowest BCUT2D eigenvalue weighted by Gasteiger charge is -2.02. The van der Waals surface area contributed by atoms with Crippen LogP contribution in [0.2, 0.25) is 0 Å². The molecule has 0 bridgehead atoms. The Hall–Kier alpha value is -1.45. The average molecular weight is 164 g/mol. The molecule has 12 heavy (non-hydrogen) atoms. The van der Waals surface area contributed by atoms with Gasteiger partial charge in [0.1, 0.15) is 0 Å². The van der Waals surface area contributed by atoms with Gasteiger partial charge in [0.2, 0.25) is 5.62 Å². The van der Waals surface area contributed by atoms with E-state index in [1.54, 1.807) is 11.7 Å². The molecule has 0 N–H and O–H groups in total. The van der Waals surface area contributed by atoms with E-state index in [2.05, 4.69) is 21.8 Å². The zero-order chi connectivity index (χ0) is 9.14. The monoisotopic (exact) mass is 164 g/mol. The number of hydrogen-bond donors (Lipinski definition) is 0. The van der Waals surface area contributed by atoms with Crippen molar-refractivity contribution in [3.63, 3.8) is 0 Å². The highest BCUT2D eigenvalue weighted by molar-refractivity contribution is 5.23. The number of aromatic nitrogens is 2. The van der Waals surface area contributed by atoms with Crippen molar-refractivity contribution in [2.45, 2.75) is 13.8 Å². The van der Waals surface area contributed by atoms with E-state index in [1.165, 1.54) is 0 Å². The summed E-state index contributed by atoms with van der Waals surface area (Å²) in [4.78, 5) is 8.19. The van der Waals surface area contributed by atoms with E-state index in [1.807, 2.05) is 20.0 Å². The highest BCUT2D eigenvalue weighted by Gasteiger charge is 1.96. The van der Waals surface area contributed by atoms with Crippen molar-refractivity contribution >= 4 is 6.72 Å². The maximum absolute atomic E-state index is 4.22. The number of nitrogens with zero attached hydrogens (tertiary/aromatic N) is 4. The molecule has 0 aromatic carbocycles. The lowest BCUT2D eigenvalue weighted by Crippen LogP contribution is -2.22. The Bertz CT molecular complexity index is 362. The normalized spacial score (nSPS) is 11.8. The van der Waals surface area contributed by atoms with Crippen LogP contribution >= 0.6 is 0 Å². The van der Waals surface area contributed by atoms with Crippen LogP contribution in [0.4, 0.5) is 0 Å². The van der Waals surface area contributed by atoms with Crippen molar-refractivity contribution in [3.05, 3.63) is 23.1 Å². The van der Waals surface area contributed by atoms with Gasteiger partial charge in [-0.05, 0) is 19.4 Å². The Morgan fingerprint density at radius 2 is 2.17 bits per heavy atom. The third-order valence-corrected chi connectivity index (χ3v) is 1.71. The van der Waals surface area contributed by atoms with Crippen LogP contribution < -0.4 is 5.62 Å². The molecule has 1 heterocycles. The smallest absolute Gasteiger partial charge is 0.245 e. The van der Waals surface area contributed by atoms with Crippen LogP contribution in [0.25, 0.3) is 0 Å². The van der Waals surface area contributed by atoms with Crippen LogP contribution in [0.15, 0.2) is 16.3 Å². The summed E-state index contributed by atoms with van der Waals surface area (Å²) in [5.74, 6) is 0. The first-order valence-electron chi connectivity index (χ1n) is 3.65. The molecule has 0 aliphatic rings. The van der Waals surface area contributed by atoms with Gasteiger partial charge < -0.3 is 0 Å². The first-order chi connectivity index (χ1) is 5.69. The van der Waals surface area contributed by atoms with Gasteiger partial charge in [-0.2, -0.15) is 5.10 Å². The van der Waals surface area contributed by atoms with Gasteiger partial charge in [0.05, 0.1) is 0 Å². The SMILES string of the molecule is C=Nn1cc(C)c(C)n/c1=N/C. The standard InChI is InChI=1S/C8H12N4/c1-6-5-12(10-4)8(9-3)11-7(6)2/h5H,4H2,1-3H3/b9-8-. The summed E-state index contributed by atoms with van der Waals surface area (Å²) >= 11 is 0. The molecule has 0 saturated heterocycles. The third-order valence-electron chi connectivity index (χ3n) is 1.71. The Balaban J connectivity index is 3.50. The molecule has 0 fully saturated rings. The van der Waals surface area contributed by atoms with Crippen LogP contribution in [0.3, 0.4) is 0 Å². The van der Waals surface area contributed by atoms with Crippen molar-refractivity contribution in [1.29, 1.82) is 0 Å². The lowest BCUT2D eigenvalue weighted by molar-refractivity contribution is 0.740. The molecule has 0 spiro atoms. The summed E-state index contributed by atoms with van der Waals surface area (Å²) in [5, 5.41) is 3.75. The fourth-order valence-corrected chi connectivity index (χ4v) is 0.881. The second-order valence-corrected chi connectivity index (χ2v) is 2.52. The van der Waals surface area contributed by atoms with Gasteiger partial charge >= 0.3 is 0 Å². The first-order valence-corrected chi connectivity index (χ1v) is 3.65. The van der Waals surface area contributed by atoms with E-state index in [-0.39, 0.29) is 0 Å². The topological polar surface area (TPSA) is 42.5 Å². The van der Waals surface area contributed by atoms with Crippen LogP contribution in [0.5, 0.6) is 0 Å². The lowest BCUT2D eigenvalue weighted by atomic mass is 10.3. The van der Waals surface area contributed by atoms with E-state index in [4.69, 9.17) is 0 Å². The molecule has 4 heteroatoms. The predicted octanol–water partition coefficient (Wildman–Crippen LogP) is 0.494. The molecular weight excluding hydrogens is 152 g/mol. The minimum atomic E-state index is 0.577. The molecule has 0 radical (unpaired) electrons. The number of rotatable bonds is 1. The summed E-state index contributed by atoms with van der Waals surface area (Å²) < 4.78 is 1.56. The summed E-state index contributed by atoms with van der Waals surface area (Å²) in [6.07, 6.45) is 1.86. The van der Waals surface area contributed by atoms with Crippen LogP contribution in [0, 0.1) is 13.8 Å². The Kier molecular flexibility index (Phi) is 2.38. The summed E-state index contributed by atoms with van der Waals surface area (Å²) in [7, 11) is 1.68. The second-order valence-electron chi connectivity index (χ2n) is 2.52. The zero-order valence-corrected chi connectivity index (χ0v) is 7.57. The minimum Gasteiger partial charge on any atom is -0.253 e. The fraction of sp³-hybridized carbons (Fsp3) is 0.375. The molecule has 1 aromatic rings. The van der Waals surface area contributed by atoms with Crippen molar-refractivity contribution in [1.82, 2.24) is 9.66 Å². The molecule has 1 aromatic heterocycles. The predicted molar refractivity (Wildman–Crippen MR) is 48.1 cm³/mol. The van der Waals surface area contributed by atoms with Gasteiger partial charge in [0.15, 0.2) is 0 Å². The van der Waals surface area contributed by atoms with Crippen molar-refractivity contribution in [3.8, 4) is 0 Å². The molecule has 0 aliphatic carbocycles. The fourth-order valence-electron chi connectivity index (χ4n) is 0.881. The highest BCUT2D eigenvalue weighted by atomic mass is 15.4. The van der Waals surface area contributed by atoms with Crippen molar-refractivity contribution < 1.29 is 0 Å². The summed E-state index contributed by atoms with van der Waals surface area (Å²) in [5.41, 5.74) is 2.62. The van der Waals surface area contributed by atoms with Gasteiger partial charge in [0.25, 0.3) is 0 Å². The average Bonchev–Trinajstić information content (AvgIpc) is 2.09. The molecule has 1 rings (SSSR count).